The van der Waals surface area contributed by atoms with Crippen molar-refractivity contribution in [2.45, 2.75) is 6.42 Å². The maximum atomic E-state index is 11.7. The normalized spacial score (nSPS) is 11.8. The van der Waals surface area contributed by atoms with Crippen LogP contribution < -0.4 is 5.48 Å². The first-order valence-corrected chi connectivity index (χ1v) is 5.84. The Bertz CT molecular complexity index is 620. The molecule has 0 aromatic heterocycles. The summed E-state index contributed by atoms with van der Waals surface area (Å²) >= 11 is 0. The molecule has 0 saturated carbocycles. The van der Waals surface area contributed by atoms with Crippen LogP contribution in [0.15, 0.2) is 42.5 Å². The minimum Gasteiger partial charge on any atom is -0.277 e. The summed E-state index contributed by atoms with van der Waals surface area (Å²) in [6.45, 7) is 0. The fourth-order valence-corrected chi connectivity index (χ4v) is 2.42. The first kappa shape index (κ1) is 11.0. The zero-order chi connectivity index (χ0) is 12.5. The predicted molar refractivity (Wildman–Crippen MR) is 69.2 cm³/mol. The Kier molecular flexibility index (Phi) is 2.61. The van der Waals surface area contributed by atoms with E-state index in [4.69, 9.17) is 0 Å². The molecule has 3 nitrogen and oxygen atoms in total. The standard InChI is InChI=1S/C15H13NO2/c1-18-16-15(17)12-7-6-11-8-10-4-2-3-5-13(10)14(11)9-12/h2-7,9H,8H2,1H3,(H,16,17). The monoisotopic (exact) mass is 239 g/mol. The second kappa shape index (κ2) is 4.27. The number of benzene rings is 2. The molecule has 2 aromatic rings. The van der Waals surface area contributed by atoms with Gasteiger partial charge in [-0.15, -0.1) is 0 Å². The van der Waals surface area contributed by atoms with Crippen LogP contribution in [0.25, 0.3) is 11.1 Å². The molecule has 1 aliphatic rings. The van der Waals surface area contributed by atoms with Crippen LogP contribution in [0.3, 0.4) is 0 Å². The molecule has 0 atom stereocenters. The average Bonchev–Trinajstić information content (AvgIpc) is 2.76. The van der Waals surface area contributed by atoms with E-state index in [0.717, 1.165) is 12.0 Å². The van der Waals surface area contributed by atoms with Crippen LogP contribution in [0.2, 0.25) is 0 Å². The van der Waals surface area contributed by atoms with Crippen LogP contribution in [-0.4, -0.2) is 13.0 Å². The van der Waals surface area contributed by atoms with Crippen LogP contribution in [0.1, 0.15) is 21.5 Å². The van der Waals surface area contributed by atoms with Gasteiger partial charge in [-0.2, -0.15) is 0 Å². The van der Waals surface area contributed by atoms with Crippen molar-refractivity contribution < 1.29 is 9.63 Å². The minimum absolute atomic E-state index is 0.218. The topological polar surface area (TPSA) is 38.3 Å². The Morgan fingerprint density at radius 3 is 2.72 bits per heavy atom. The lowest BCUT2D eigenvalue weighted by atomic mass is 10.0. The highest BCUT2D eigenvalue weighted by molar-refractivity contribution is 5.95. The average molecular weight is 239 g/mol. The predicted octanol–water partition coefficient (Wildman–Crippen LogP) is 2.55. The Balaban J connectivity index is 2.05. The third-order valence-electron chi connectivity index (χ3n) is 3.26. The molecule has 1 aliphatic carbocycles. The van der Waals surface area contributed by atoms with E-state index < -0.39 is 0 Å². The number of amides is 1. The molecule has 0 saturated heterocycles. The fraction of sp³-hybridized carbons (Fsp3) is 0.133. The van der Waals surface area contributed by atoms with Gasteiger partial charge in [0.05, 0.1) is 7.11 Å². The van der Waals surface area contributed by atoms with Gasteiger partial charge in [0.1, 0.15) is 0 Å². The van der Waals surface area contributed by atoms with Crippen molar-refractivity contribution >= 4 is 5.91 Å². The van der Waals surface area contributed by atoms with Crippen LogP contribution in [0.5, 0.6) is 0 Å². The highest BCUT2D eigenvalue weighted by Gasteiger charge is 2.19. The van der Waals surface area contributed by atoms with Crippen LogP contribution >= 0.6 is 0 Å². The summed E-state index contributed by atoms with van der Waals surface area (Å²) in [6.07, 6.45) is 0.942. The molecular weight excluding hydrogens is 226 g/mol. The summed E-state index contributed by atoms with van der Waals surface area (Å²) in [5.41, 5.74) is 7.91. The van der Waals surface area contributed by atoms with Crippen molar-refractivity contribution in [2.75, 3.05) is 7.11 Å². The van der Waals surface area contributed by atoms with Crippen molar-refractivity contribution in [1.82, 2.24) is 5.48 Å². The number of hydrogen-bond acceptors (Lipinski definition) is 2. The Hall–Kier alpha value is -2.13. The highest BCUT2D eigenvalue weighted by Crippen LogP contribution is 2.36. The Labute approximate surface area is 105 Å². The number of rotatable bonds is 2. The second-order valence-corrected chi connectivity index (χ2v) is 4.34. The lowest BCUT2D eigenvalue weighted by Crippen LogP contribution is -2.21. The quantitative estimate of drug-likeness (QED) is 0.698. The third-order valence-corrected chi connectivity index (χ3v) is 3.26. The molecule has 1 N–H and O–H groups in total. The summed E-state index contributed by atoms with van der Waals surface area (Å²) in [5.74, 6) is -0.218. The molecule has 2 aromatic carbocycles. The smallest absolute Gasteiger partial charge is 0.274 e. The summed E-state index contributed by atoms with van der Waals surface area (Å²) in [4.78, 5) is 16.4. The van der Waals surface area contributed by atoms with Gasteiger partial charge in [0.25, 0.3) is 5.91 Å². The van der Waals surface area contributed by atoms with E-state index in [0.29, 0.717) is 5.56 Å². The minimum atomic E-state index is -0.218. The molecule has 3 heteroatoms. The molecule has 90 valence electrons. The zero-order valence-corrected chi connectivity index (χ0v) is 10.1. The summed E-state index contributed by atoms with van der Waals surface area (Å²) in [7, 11) is 1.43. The Morgan fingerprint density at radius 2 is 1.89 bits per heavy atom. The van der Waals surface area contributed by atoms with Crippen molar-refractivity contribution in [2.24, 2.45) is 0 Å². The summed E-state index contributed by atoms with van der Waals surface area (Å²) < 4.78 is 0. The van der Waals surface area contributed by atoms with Crippen molar-refractivity contribution in [1.29, 1.82) is 0 Å². The summed E-state index contributed by atoms with van der Waals surface area (Å²) in [5, 5.41) is 0. The van der Waals surface area contributed by atoms with Crippen LogP contribution in [0.4, 0.5) is 0 Å². The molecule has 0 unspecified atom stereocenters. The molecule has 0 radical (unpaired) electrons. The van der Waals surface area contributed by atoms with E-state index in [2.05, 4.69) is 22.5 Å². The largest absolute Gasteiger partial charge is 0.277 e. The van der Waals surface area contributed by atoms with Gasteiger partial charge in [0, 0.05) is 5.56 Å². The maximum absolute atomic E-state index is 11.7. The van der Waals surface area contributed by atoms with Gasteiger partial charge < -0.3 is 0 Å². The molecule has 18 heavy (non-hydrogen) atoms. The molecule has 1 amide bonds. The number of fused-ring (bicyclic) bond motifs is 3. The molecule has 0 bridgehead atoms. The van der Waals surface area contributed by atoms with Crippen molar-refractivity contribution in [3.05, 3.63) is 59.2 Å². The second-order valence-electron chi connectivity index (χ2n) is 4.34. The van der Waals surface area contributed by atoms with Gasteiger partial charge in [-0.25, -0.2) is 5.48 Å². The Morgan fingerprint density at radius 1 is 1.11 bits per heavy atom. The number of carbonyl (C=O) groups is 1. The molecule has 3 rings (SSSR count). The number of nitrogens with one attached hydrogen (secondary N) is 1. The van der Waals surface area contributed by atoms with E-state index in [1.807, 2.05) is 30.3 Å². The van der Waals surface area contributed by atoms with Gasteiger partial charge in [-0.1, -0.05) is 30.3 Å². The van der Waals surface area contributed by atoms with Gasteiger partial charge in [-0.3, -0.25) is 9.63 Å². The van der Waals surface area contributed by atoms with Gasteiger partial charge in [-0.05, 0) is 40.8 Å². The lowest BCUT2D eigenvalue weighted by molar-refractivity contribution is 0.0537. The van der Waals surface area contributed by atoms with Crippen LogP contribution in [-0.2, 0) is 11.3 Å². The van der Waals surface area contributed by atoms with Crippen LogP contribution in [0, 0.1) is 0 Å². The van der Waals surface area contributed by atoms with E-state index in [1.165, 1.54) is 23.8 Å². The van der Waals surface area contributed by atoms with E-state index >= 15 is 0 Å². The fourth-order valence-electron chi connectivity index (χ4n) is 2.42. The highest BCUT2D eigenvalue weighted by atomic mass is 16.6. The van der Waals surface area contributed by atoms with Crippen molar-refractivity contribution in [3.63, 3.8) is 0 Å². The maximum Gasteiger partial charge on any atom is 0.274 e. The van der Waals surface area contributed by atoms with E-state index in [1.54, 1.807) is 0 Å². The number of hydroxylamine groups is 1. The van der Waals surface area contributed by atoms with Gasteiger partial charge >= 0.3 is 0 Å². The third kappa shape index (κ3) is 1.69. The molecule has 0 spiro atoms. The number of hydrogen-bond donors (Lipinski definition) is 1. The molecular formula is C15H13NO2. The van der Waals surface area contributed by atoms with E-state index in [9.17, 15) is 4.79 Å². The van der Waals surface area contributed by atoms with Crippen molar-refractivity contribution in [3.8, 4) is 11.1 Å². The zero-order valence-electron chi connectivity index (χ0n) is 10.1. The summed E-state index contributed by atoms with van der Waals surface area (Å²) in [6, 6.07) is 14.1. The molecule has 0 fully saturated rings. The SMILES string of the molecule is CONC(=O)c1ccc2c(c1)-c1ccccc1C2. The van der Waals surface area contributed by atoms with E-state index in [-0.39, 0.29) is 5.91 Å². The number of carbonyl (C=O) groups excluding carboxylic acids is 1. The molecule has 0 aliphatic heterocycles. The molecule has 0 heterocycles. The first-order chi connectivity index (χ1) is 8.79. The van der Waals surface area contributed by atoms with Gasteiger partial charge in [0.15, 0.2) is 0 Å². The van der Waals surface area contributed by atoms with Gasteiger partial charge in [0.2, 0.25) is 0 Å². The first-order valence-electron chi connectivity index (χ1n) is 5.84. The lowest BCUT2D eigenvalue weighted by Gasteiger charge is -2.05.